The van der Waals surface area contributed by atoms with Gasteiger partial charge in [0.2, 0.25) is 0 Å². The average Bonchev–Trinajstić information content (AvgIpc) is 2.96. The minimum absolute atomic E-state index is 0.0510. The Bertz CT molecular complexity index is 1490. The molecule has 0 aliphatic rings. The maximum absolute atomic E-state index is 13.3. The summed E-state index contributed by atoms with van der Waals surface area (Å²) in [5.41, 5.74) is 2.92. The first kappa shape index (κ1) is 30.5. The van der Waals surface area contributed by atoms with Gasteiger partial charge >= 0.3 is 12.2 Å². The number of pyridine rings is 1. The number of aromatic nitrogens is 1. The number of halogens is 3. The van der Waals surface area contributed by atoms with Crippen LogP contribution in [0.3, 0.4) is 0 Å². The Morgan fingerprint density at radius 2 is 1.79 bits per heavy atom. The Morgan fingerprint density at radius 3 is 2.48 bits per heavy atom. The van der Waals surface area contributed by atoms with Gasteiger partial charge in [-0.1, -0.05) is 24.3 Å². The summed E-state index contributed by atoms with van der Waals surface area (Å²) in [6, 6.07) is 19.8. The highest BCUT2D eigenvalue weighted by atomic mass is 19.4. The van der Waals surface area contributed by atoms with Gasteiger partial charge in [-0.25, -0.2) is 4.79 Å². The van der Waals surface area contributed by atoms with E-state index < -0.39 is 17.8 Å². The maximum atomic E-state index is 13.3. The maximum Gasteiger partial charge on any atom is 0.416 e. The van der Waals surface area contributed by atoms with E-state index in [1.54, 1.807) is 18.2 Å². The topological polar surface area (TPSA) is 69.7 Å². The fourth-order valence-corrected chi connectivity index (χ4v) is 4.67. The molecular weight excluding hydrogens is 543 g/mol. The third-order valence-electron chi connectivity index (χ3n) is 6.94. The van der Waals surface area contributed by atoms with Crippen molar-refractivity contribution in [2.75, 3.05) is 43.3 Å². The van der Waals surface area contributed by atoms with E-state index in [1.807, 2.05) is 67.5 Å². The molecule has 0 aliphatic carbocycles. The van der Waals surface area contributed by atoms with Crippen LogP contribution in [0.4, 0.5) is 35.0 Å². The second kappa shape index (κ2) is 13.5. The van der Waals surface area contributed by atoms with Gasteiger partial charge in [-0.3, -0.25) is 4.98 Å². The van der Waals surface area contributed by atoms with Gasteiger partial charge in [-0.05, 0) is 67.8 Å². The fourth-order valence-electron chi connectivity index (χ4n) is 4.67. The summed E-state index contributed by atoms with van der Waals surface area (Å²) in [5.74, 6) is 0.725. The highest BCUT2D eigenvalue weighted by molar-refractivity contribution is 5.92. The van der Waals surface area contributed by atoms with Crippen molar-refractivity contribution in [3.05, 3.63) is 90.1 Å². The van der Waals surface area contributed by atoms with Crippen LogP contribution in [0.1, 0.15) is 30.9 Å². The van der Waals surface area contributed by atoms with E-state index in [4.69, 9.17) is 4.74 Å². The van der Waals surface area contributed by atoms with Crippen molar-refractivity contribution in [2.24, 2.45) is 0 Å². The Labute approximate surface area is 244 Å². The molecule has 2 amide bonds. The van der Waals surface area contributed by atoms with Crippen LogP contribution >= 0.6 is 0 Å². The summed E-state index contributed by atoms with van der Waals surface area (Å²) < 4.78 is 45.1. The molecule has 10 heteroatoms. The number of fused-ring (bicyclic) bond motifs is 1. The molecule has 3 aromatic carbocycles. The first-order valence-electron chi connectivity index (χ1n) is 13.7. The van der Waals surface area contributed by atoms with Crippen LogP contribution in [-0.4, -0.2) is 49.7 Å². The number of methoxy groups -OCH3 is 1. The average molecular weight is 580 g/mol. The molecule has 0 bridgehead atoms. The number of carbonyl (C=O) groups excluding carboxylic acids is 1. The van der Waals surface area contributed by atoms with E-state index in [2.05, 4.69) is 22.5 Å². The van der Waals surface area contributed by atoms with Crippen molar-refractivity contribution in [1.29, 1.82) is 0 Å². The Kier molecular flexibility index (Phi) is 9.77. The highest BCUT2D eigenvalue weighted by Gasteiger charge is 2.30. The van der Waals surface area contributed by atoms with E-state index in [-0.39, 0.29) is 11.7 Å². The molecule has 0 aliphatic heterocycles. The molecule has 222 valence electrons. The van der Waals surface area contributed by atoms with Gasteiger partial charge in [0.25, 0.3) is 0 Å². The summed E-state index contributed by atoms with van der Waals surface area (Å²) in [6.07, 6.45) is -1.36. The molecule has 42 heavy (non-hydrogen) atoms. The number of nitrogens with zero attached hydrogens (tertiary/aromatic N) is 3. The van der Waals surface area contributed by atoms with Crippen LogP contribution in [0.2, 0.25) is 0 Å². The minimum atomic E-state index is -4.50. The van der Waals surface area contributed by atoms with E-state index in [0.29, 0.717) is 19.5 Å². The zero-order chi connectivity index (χ0) is 30.3. The molecule has 4 aromatic rings. The van der Waals surface area contributed by atoms with Crippen LogP contribution in [-0.2, 0) is 12.7 Å². The molecule has 0 fully saturated rings. The third kappa shape index (κ3) is 8.05. The van der Waals surface area contributed by atoms with Gasteiger partial charge in [0, 0.05) is 62.3 Å². The lowest BCUT2D eigenvalue weighted by atomic mass is 10.1. The smallest absolute Gasteiger partial charge is 0.416 e. The lowest BCUT2D eigenvalue weighted by molar-refractivity contribution is -0.137. The van der Waals surface area contributed by atoms with E-state index in [0.717, 1.165) is 52.1 Å². The third-order valence-corrected chi connectivity index (χ3v) is 6.94. The highest BCUT2D eigenvalue weighted by Crippen LogP contribution is 2.31. The quantitative estimate of drug-likeness (QED) is 0.191. The molecule has 1 aromatic heterocycles. The Hall–Kier alpha value is -4.47. The molecule has 0 radical (unpaired) electrons. The molecule has 0 saturated carbocycles. The number of hydrogen-bond donors (Lipinski definition) is 2. The normalized spacial score (nSPS) is 12.1. The number of carbonyl (C=O) groups is 1. The molecule has 1 atom stereocenters. The van der Waals surface area contributed by atoms with Crippen molar-refractivity contribution in [3.63, 3.8) is 0 Å². The monoisotopic (exact) mass is 579 g/mol. The number of nitrogens with one attached hydrogen (secondary N) is 2. The van der Waals surface area contributed by atoms with Crippen molar-refractivity contribution in [3.8, 4) is 5.75 Å². The molecule has 7 nitrogen and oxygen atoms in total. The molecule has 0 spiro atoms. The van der Waals surface area contributed by atoms with Crippen LogP contribution in [0, 0.1) is 0 Å². The van der Waals surface area contributed by atoms with E-state index >= 15 is 0 Å². The van der Waals surface area contributed by atoms with Gasteiger partial charge in [-0.2, -0.15) is 13.2 Å². The second-order valence-electron chi connectivity index (χ2n) is 10.4. The van der Waals surface area contributed by atoms with Gasteiger partial charge in [-0.15, -0.1) is 0 Å². The lowest BCUT2D eigenvalue weighted by Crippen LogP contribution is -2.35. The zero-order valence-electron chi connectivity index (χ0n) is 24.2. The van der Waals surface area contributed by atoms with E-state index in [1.165, 1.54) is 12.1 Å². The number of urea groups is 1. The molecule has 1 heterocycles. The van der Waals surface area contributed by atoms with Gasteiger partial charge < -0.3 is 25.2 Å². The van der Waals surface area contributed by atoms with Crippen molar-refractivity contribution >= 4 is 34.0 Å². The van der Waals surface area contributed by atoms with Crippen LogP contribution in [0.5, 0.6) is 5.75 Å². The number of rotatable bonds is 11. The van der Waals surface area contributed by atoms with Crippen molar-refractivity contribution < 1.29 is 22.7 Å². The SMILES string of the molecule is COc1cc(NC(C)CCCN(Cc2ccc(N(C)C)cc2)C(=O)Nc2cccc(C(F)(F)F)c2)c2ncccc2c1. The lowest BCUT2D eigenvalue weighted by Gasteiger charge is -2.25. The number of amides is 2. The first-order chi connectivity index (χ1) is 20.0. The van der Waals surface area contributed by atoms with Gasteiger partial charge in [0.1, 0.15) is 5.75 Å². The zero-order valence-corrected chi connectivity index (χ0v) is 24.2. The molecular formula is C32H36F3N5O2. The summed E-state index contributed by atoms with van der Waals surface area (Å²) >= 11 is 0. The predicted octanol–water partition coefficient (Wildman–Crippen LogP) is 7.64. The summed E-state index contributed by atoms with van der Waals surface area (Å²) in [7, 11) is 5.52. The standard InChI is InChI=1S/C32H36F3N5O2/c1-22(37-29-20-28(42-4)18-24-9-6-16-36-30(24)29)8-7-17-40(21-23-12-14-27(15-13-23)39(2)3)31(41)38-26-11-5-10-25(19-26)32(33,34)35/h5-6,9-16,18-20,22,37H,7-8,17,21H2,1-4H3,(H,38,41). The van der Waals surface area contributed by atoms with Crippen LogP contribution in [0.15, 0.2) is 79.0 Å². The van der Waals surface area contributed by atoms with Crippen molar-refractivity contribution in [2.45, 2.75) is 38.5 Å². The number of ether oxygens (including phenoxy) is 1. The fraction of sp³-hybridized carbons (Fsp3) is 0.312. The van der Waals surface area contributed by atoms with Crippen LogP contribution in [0.25, 0.3) is 10.9 Å². The second-order valence-corrected chi connectivity index (χ2v) is 10.4. The number of benzene rings is 3. The Morgan fingerprint density at radius 1 is 1.02 bits per heavy atom. The van der Waals surface area contributed by atoms with Crippen molar-refractivity contribution in [1.82, 2.24) is 9.88 Å². The molecule has 0 saturated heterocycles. The van der Waals surface area contributed by atoms with Gasteiger partial charge in [0.05, 0.1) is 23.9 Å². The number of alkyl halides is 3. The van der Waals surface area contributed by atoms with E-state index in [9.17, 15) is 18.0 Å². The molecule has 1 unspecified atom stereocenters. The summed E-state index contributed by atoms with van der Waals surface area (Å²) in [6.45, 7) is 2.77. The van der Waals surface area contributed by atoms with Gasteiger partial charge in [0.15, 0.2) is 0 Å². The first-order valence-corrected chi connectivity index (χ1v) is 13.7. The summed E-state index contributed by atoms with van der Waals surface area (Å²) in [4.78, 5) is 21.4. The molecule has 4 rings (SSSR count). The Balaban J connectivity index is 1.45. The number of anilines is 3. The summed E-state index contributed by atoms with van der Waals surface area (Å²) in [5, 5.41) is 7.13. The minimum Gasteiger partial charge on any atom is -0.497 e. The molecule has 2 N–H and O–H groups in total. The number of hydrogen-bond acceptors (Lipinski definition) is 5. The van der Waals surface area contributed by atoms with Crippen LogP contribution < -0.4 is 20.3 Å². The largest absolute Gasteiger partial charge is 0.497 e. The predicted molar refractivity (Wildman–Crippen MR) is 162 cm³/mol.